The topological polar surface area (TPSA) is 69.4 Å². The molecule has 0 amide bonds. The third-order valence-corrected chi connectivity index (χ3v) is 3.12. The number of methoxy groups -OCH3 is 1. The van der Waals surface area contributed by atoms with Gasteiger partial charge in [0.15, 0.2) is 0 Å². The van der Waals surface area contributed by atoms with Crippen LogP contribution in [0, 0.1) is 10.1 Å². The fourth-order valence-corrected chi connectivity index (χ4v) is 2.03. The molecule has 0 heterocycles. The molecular weight excluding hydrogens is 315 g/mol. The molecule has 8 heteroatoms. The van der Waals surface area contributed by atoms with Crippen molar-refractivity contribution in [2.24, 2.45) is 0 Å². The van der Waals surface area contributed by atoms with E-state index < -0.39 is 28.3 Å². The number of hydrogen-bond donors (Lipinski definition) is 0. The van der Waals surface area contributed by atoms with Gasteiger partial charge in [-0.15, -0.1) is 0 Å². The number of halogens is 3. The van der Waals surface area contributed by atoms with Gasteiger partial charge < -0.3 is 4.74 Å². The average molecular weight is 325 g/mol. The number of benzene rings is 2. The van der Waals surface area contributed by atoms with Crippen LogP contribution in [0.3, 0.4) is 0 Å². The molecule has 0 saturated heterocycles. The van der Waals surface area contributed by atoms with Gasteiger partial charge in [-0.2, -0.15) is 13.2 Å². The first-order valence-electron chi connectivity index (χ1n) is 6.28. The maximum Gasteiger partial charge on any atom is 0.416 e. The van der Waals surface area contributed by atoms with Gasteiger partial charge in [-0.25, -0.2) is 4.79 Å². The van der Waals surface area contributed by atoms with Crippen LogP contribution < -0.4 is 0 Å². The van der Waals surface area contributed by atoms with Crippen LogP contribution in [0.5, 0.6) is 0 Å². The van der Waals surface area contributed by atoms with Crippen LogP contribution in [-0.2, 0) is 10.9 Å². The number of ether oxygens (including phenoxy) is 1. The van der Waals surface area contributed by atoms with Crippen molar-refractivity contribution in [1.29, 1.82) is 0 Å². The fraction of sp³-hybridized carbons (Fsp3) is 0.133. The Labute approximate surface area is 128 Å². The molecule has 0 N–H and O–H groups in total. The molecule has 0 unspecified atom stereocenters. The van der Waals surface area contributed by atoms with E-state index in [4.69, 9.17) is 0 Å². The maximum atomic E-state index is 12.8. The minimum atomic E-state index is -4.56. The summed E-state index contributed by atoms with van der Waals surface area (Å²) in [6.45, 7) is 0. The summed E-state index contributed by atoms with van der Waals surface area (Å²) in [6, 6.07) is 7.64. The van der Waals surface area contributed by atoms with E-state index in [9.17, 15) is 28.1 Å². The number of nitro benzene ring substituents is 1. The lowest BCUT2D eigenvalue weighted by molar-refractivity contribution is -0.384. The molecule has 0 fully saturated rings. The van der Waals surface area contributed by atoms with Crippen molar-refractivity contribution in [3.8, 4) is 11.1 Å². The van der Waals surface area contributed by atoms with Crippen molar-refractivity contribution >= 4 is 11.7 Å². The molecule has 2 rings (SSSR count). The van der Waals surface area contributed by atoms with Gasteiger partial charge in [-0.3, -0.25) is 10.1 Å². The number of nitrogens with zero attached hydrogens (tertiary/aromatic N) is 1. The summed E-state index contributed by atoms with van der Waals surface area (Å²) in [6.07, 6.45) is -4.56. The lowest BCUT2D eigenvalue weighted by Crippen LogP contribution is -2.05. The number of hydrogen-bond acceptors (Lipinski definition) is 4. The first kappa shape index (κ1) is 16.5. The van der Waals surface area contributed by atoms with E-state index in [0.717, 1.165) is 31.4 Å². The largest absolute Gasteiger partial charge is 0.465 e. The first-order valence-corrected chi connectivity index (χ1v) is 6.28. The van der Waals surface area contributed by atoms with Gasteiger partial charge in [0.05, 0.1) is 28.7 Å². The van der Waals surface area contributed by atoms with Crippen LogP contribution in [0.1, 0.15) is 15.9 Å². The molecule has 0 aromatic heterocycles. The van der Waals surface area contributed by atoms with Crippen molar-refractivity contribution in [1.82, 2.24) is 0 Å². The van der Waals surface area contributed by atoms with E-state index in [1.54, 1.807) is 0 Å². The molecule has 23 heavy (non-hydrogen) atoms. The van der Waals surface area contributed by atoms with Crippen LogP contribution in [0.2, 0.25) is 0 Å². The molecule has 0 saturated carbocycles. The molecule has 2 aromatic rings. The van der Waals surface area contributed by atoms with Gasteiger partial charge >= 0.3 is 12.1 Å². The fourth-order valence-electron chi connectivity index (χ4n) is 2.03. The van der Waals surface area contributed by atoms with Crippen molar-refractivity contribution in [3.05, 3.63) is 63.7 Å². The predicted molar refractivity (Wildman–Crippen MR) is 74.9 cm³/mol. The highest BCUT2D eigenvalue weighted by atomic mass is 19.4. The number of nitro groups is 1. The van der Waals surface area contributed by atoms with Gasteiger partial charge in [-0.1, -0.05) is 12.1 Å². The monoisotopic (exact) mass is 325 g/mol. The van der Waals surface area contributed by atoms with Crippen molar-refractivity contribution in [3.63, 3.8) is 0 Å². The summed E-state index contributed by atoms with van der Waals surface area (Å²) in [7, 11) is 1.12. The highest BCUT2D eigenvalue weighted by Crippen LogP contribution is 2.35. The smallest absolute Gasteiger partial charge is 0.416 e. The van der Waals surface area contributed by atoms with Crippen LogP contribution in [-0.4, -0.2) is 18.0 Å². The van der Waals surface area contributed by atoms with Gasteiger partial charge in [-0.05, 0) is 29.8 Å². The highest BCUT2D eigenvalue weighted by Gasteiger charge is 2.31. The Morgan fingerprint density at radius 1 is 1.17 bits per heavy atom. The molecule has 0 atom stereocenters. The first-order chi connectivity index (χ1) is 10.7. The van der Waals surface area contributed by atoms with E-state index >= 15 is 0 Å². The Hall–Kier alpha value is -2.90. The van der Waals surface area contributed by atoms with Gasteiger partial charge in [0, 0.05) is 6.07 Å². The second-order valence-electron chi connectivity index (χ2n) is 4.56. The molecule has 0 aliphatic rings. The standard InChI is InChI=1S/C15H10F3NO4/c1-23-14(20)10-5-6-12(13(8-10)19(21)22)9-3-2-4-11(7-9)15(16,17)18/h2-8H,1H3. The maximum absolute atomic E-state index is 12.8. The predicted octanol–water partition coefficient (Wildman–Crippen LogP) is 4.07. The van der Waals surface area contributed by atoms with Crippen LogP contribution in [0.25, 0.3) is 11.1 Å². The molecular formula is C15H10F3NO4. The number of rotatable bonds is 3. The summed E-state index contributed by atoms with van der Waals surface area (Å²) in [4.78, 5) is 21.8. The SMILES string of the molecule is COC(=O)c1ccc(-c2cccc(C(F)(F)F)c2)c([N+](=O)[O-])c1. The Bertz CT molecular complexity index is 772. The molecule has 0 spiro atoms. The molecule has 0 bridgehead atoms. The average Bonchev–Trinajstić information content (AvgIpc) is 2.52. The van der Waals surface area contributed by atoms with E-state index in [-0.39, 0.29) is 16.7 Å². The minimum absolute atomic E-state index is 0.0197. The zero-order chi connectivity index (χ0) is 17.2. The van der Waals surface area contributed by atoms with Gasteiger partial charge in [0.1, 0.15) is 0 Å². The Morgan fingerprint density at radius 3 is 2.43 bits per heavy atom. The number of alkyl halides is 3. The number of carbonyl (C=O) groups is 1. The normalized spacial score (nSPS) is 11.1. The molecule has 0 aliphatic carbocycles. The van der Waals surface area contributed by atoms with Crippen molar-refractivity contribution < 1.29 is 27.6 Å². The van der Waals surface area contributed by atoms with E-state index in [2.05, 4.69) is 4.74 Å². The Balaban J connectivity index is 2.59. The van der Waals surface area contributed by atoms with Crippen LogP contribution in [0.4, 0.5) is 18.9 Å². The zero-order valence-electron chi connectivity index (χ0n) is 11.8. The third kappa shape index (κ3) is 3.47. The number of esters is 1. The summed E-state index contributed by atoms with van der Waals surface area (Å²) >= 11 is 0. The van der Waals surface area contributed by atoms with Gasteiger partial charge in [0.25, 0.3) is 5.69 Å². The minimum Gasteiger partial charge on any atom is -0.465 e. The second kappa shape index (κ2) is 6.07. The molecule has 0 radical (unpaired) electrons. The highest BCUT2D eigenvalue weighted by molar-refractivity contribution is 5.92. The van der Waals surface area contributed by atoms with Crippen LogP contribution in [0.15, 0.2) is 42.5 Å². The summed E-state index contributed by atoms with van der Waals surface area (Å²) < 4.78 is 42.8. The van der Waals surface area contributed by atoms with Crippen LogP contribution >= 0.6 is 0 Å². The molecule has 0 aliphatic heterocycles. The summed E-state index contributed by atoms with van der Waals surface area (Å²) in [5.41, 5.74) is -1.44. The Morgan fingerprint density at radius 2 is 1.87 bits per heavy atom. The summed E-state index contributed by atoms with van der Waals surface area (Å²) in [5.74, 6) is -0.774. The molecule has 5 nitrogen and oxygen atoms in total. The molecule has 120 valence electrons. The third-order valence-electron chi connectivity index (χ3n) is 3.12. The van der Waals surface area contributed by atoms with Crippen molar-refractivity contribution in [2.45, 2.75) is 6.18 Å². The number of carbonyl (C=O) groups excluding carboxylic acids is 1. The Kier molecular flexibility index (Phi) is 4.35. The second-order valence-corrected chi connectivity index (χ2v) is 4.56. The zero-order valence-corrected chi connectivity index (χ0v) is 11.8. The quantitative estimate of drug-likeness (QED) is 0.484. The lowest BCUT2D eigenvalue weighted by Gasteiger charge is -2.09. The van der Waals surface area contributed by atoms with E-state index in [1.165, 1.54) is 18.2 Å². The van der Waals surface area contributed by atoms with E-state index in [0.29, 0.717) is 0 Å². The van der Waals surface area contributed by atoms with Crippen molar-refractivity contribution in [2.75, 3.05) is 7.11 Å². The van der Waals surface area contributed by atoms with Gasteiger partial charge in [0.2, 0.25) is 0 Å². The lowest BCUT2D eigenvalue weighted by atomic mass is 9.99. The van der Waals surface area contributed by atoms with E-state index in [1.807, 2.05) is 0 Å². The molecule has 2 aromatic carbocycles. The summed E-state index contributed by atoms with van der Waals surface area (Å²) in [5, 5.41) is 11.2.